The second-order valence-electron chi connectivity index (χ2n) is 19.4. The highest BCUT2D eigenvalue weighted by Gasteiger charge is 2.37. The van der Waals surface area contributed by atoms with E-state index in [-0.39, 0.29) is 80.6 Å². The van der Waals surface area contributed by atoms with Gasteiger partial charge in [-0.05, 0) is 260 Å². The number of carbonyl (C=O) groups is 4. The van der Waals surface area contributed by atoms with Gasteiger partial charge in [-0.2, -0.15) is 0 Å². The normalized spacial score (nSPS) is 28.4. The molecule has 71 heavy (non-hydrogen) atoms. The zero-order chi connectivity index (χ0) is 62.2. The molecular weight excluding hydrogens is 947 g/mol. The highest BCUT2D eigenvalue weighted by atomic mass is 35.5. The van der Waals surface area contributed by atoms with E-state index in [2.05, 4.69) is 0 Å². The van der Waals surface area contributed by atoms with Crippen LogP contribution in [0.5, 0.6) is 0 Å². The van der Waals surface area contributed by atoms with E-state index >= 15 is 0 Å². The lowest BCUT2D eigenvalue weighted by atomic mass is 9.82. The second-order valence-corrected chi connectivity index (χ2v) is 20.6. The van der Waals surface area contributed by atoms with Gasteiger partial charge in [0.1, 0.15) is 0 Å². The van der Waals surface area contributed by atoms with Gasteiger partial charge in [0.2, 0.25) is 23.6 Å². The van der Waals surface area contributed by atoms with Crippen molar-refractivity contribution in [3.8, 4) is 0 Å². The number of nitrogens with two attached hydrogens (primary N) is 4. The first-order valence-corrected chi connectivity index (χ1v) is 24.9. The number of aryl methyl sites for hydroxylation is 3. The van der Waals surface area contributed by atoms with Crippen LogP contribution in [-0.2, 0) is 44.9 Å². The SMILES string of the molecule is [2H]C1([2H])CC2=C(Cc3ccc(C)cc32)C([2H])(C(N)=O)C1.[2H]c1c(C)c(Cl)c([2H])c2c1CC1=C2CC([2H])([2H])CC1C(N)=O.[2H]c1c(Cl)c(C)cc2c1C1=C(C2)C(C(N)=O)CC([2H])([2H])C1.[2H]c1c(Cl)cc(C)c2c1C1=C(C2)C(C(N)=O)CC([2H])([2H])C1. The summed E-state index contributed by atoms with van der Waals surface area (Å²) in [4.78, 5) is 46.9. The molecule has 0 heterocycles. The quantitative estimate of drug-likeness (QED) is 0.159. The van der Waals surface area contributed by atoms with Gasteiger partial charge in [-0.3, -0.25) is 19.2 Å². The van der Waals surface area contributed by atoms with Crippen molar-refractivity contribution in [2.24, 2.45) is 46.6 Å². The van der Waals surface area contributed by atoms with Crippen molar-refractivity contribution < 1.29 is 37.0 Å². The lowest BCUT2D eigenvalue weighted by molar-refractivity contribution is -0.121. The fourth-order valence-corrected chi connectivity index (χ4v) is 11.8. The van der Waals surface area contributed by atoms with E-state index in [9.17, 15) is 19.2 Å². The molecule has 370 valence electrons. The van der Waals surface area contributed by atoms with E-state index < -0.39 is 72.8 Å². The van der Waals surface area contributed by atoms with Crippen LogP contribution in [0.25, 0.3) is 22.3 Å². The van der Waals surface area contributed by atoms with Gasteiger partial charge in [0.15, 0.2) is 0 Å². The number of fused-ring (bicyclic) bond motifs is 8. The van der Waals surface area contributed by atoms with Gasteiger partial charge in [-0.1, -0.05) is 70.7 Å². The summed E-state index contributed by atoms with van der Waals surface area (Å²) in [5.74, 6) is -5.76. The van der Waals surface area contributed by atoms with Gasteiger partial charge >= 0.3 is 0 Å². The van der Waals surface area contributed by atoms with Crippen molar-refractivity contribution in [1.29, 1.82) is 0 Å². The van der Waals surface area contributed by atoms with Crippen LogP contribution in [-0.4, -0.2) is 23.6 Å². The second kappa shape index (κ2) is 20.6. The number of benzene rings is 4. The number of primary amides is 4. The molecule has 0 bridgehead atoms. The number of halogens is 3. The highest BCUT2D eigenvalue weighted by Crippen LogP contribution is 2.49. The molecule has 0 fully saturated rings. The third kappa shape index (κ3) is 9.93. The maximum atomic E-state index is 11.8. The van der Waals surface area contributed by atoms with Gasteiger partial charge in [0, 0.05) is 27.4 Å². The zero-order valence-electron chi connectivity index (χ0n) is 53.2. The molecule has 4 unspecified atom stereocenters. The number of carbonyl (C=O) groups excluding carboxylic acids is 4. The lowest BCUT2D eigenvalue weighted by Gasteiger charge is -2.22. The summed E-state index contributed by atoms with van der Waals surface area (Å²) in [5, 5.41) is 0.977. The number of rotatable bonds is 4. The van der Waals surface area contributed by atoms with Crippen molar-refractivity contribution in [2.45, 2.75) is 130 Å². The summed E-state index contributed by atoms with van der Waals surface area (Å²) in [6, 6.07) is 10.6. The van der Waals surface area contributed by atoms with Crippen LogP contribution in [0.1, 0.15) is 161 Å². The molecule has 12 rings (SSSR count). The van der Waals surface area contributed by atoms with Gasteiger partial charge in [0.25, 0.3) is 0 Å². The Bertz CT molecular complexity index is 3740. The third-order valence-corrected chi connectivity index (χ3v) is 15.9. The molecule has 8 aliphatic carbocycles. The first-order chi connectivity index (χ1) is 38.8. The summed E-state index contributed by atoms with van der Waals surface area (Å²) in [6.07, 6.45) is -3.06. The molecule has 0 saturated heterocycles. The van der Waals surface area contributed by atoms with Crippen molar-refractivity contribution in [1.82, 2.24) is 0 Å². The van der Waals surface area contributed by atoms with E-state index in [1.807, 2.05) is 45.0 Å². The average molecular weight is 1030 g/mol. The van der Waals surface area contributed by atoms with Gasteiger partial charge in [0.05, 0.1) is 29.1 Å². The highest BCUT2D eigenvalue weighted by molar-refractivity contribution is 6.32. The van der Waals surface area contributed by atoms with Gasteiger partial charge in [-0.15, -0.1) is 0 Å². The molecule has 0 aliphatic heterocycles. The Labute approximate surface area is 451 Å². The molecule has 4 atom stereocenters. The van der Waals surface area contributed by atoms with Crippen LogP contribution in [0.3, 0.4) is 0 Å². The Kier molecular flexibility index (Phi) is 10.6. The van der Waals surface area contributed by atoms with E-state index in [4.69, 9.17) is 75.6 Å². The fourth-order valence-electron chi connectivity index (χ4n) is 11.2. The minimum Gasteiger partial charge on any atom is -0.369 e. The average Bonchev–Trinajstić information content (AvgIpc) is 1.73. The Hall–Kier alpha value is -5.41. The maximum Gasteiger partial charge on any atom is 0.224 e. The topological polar surface area (TPSA) is 172 Å². The lowest BCUT2D eigenvalue weighted by Crippen LogP contribution is -2.27. The smallest absolute Gasteiger partial charge is 0.224 e. The Balaban J connectivity index is 0.000000134. The number of allylic oxidation sites excluding steroid dienone is 4. The molecule has 4 aromatic rings. The van der Waals surface area contributed by atoms with Crippen LogP contribution in [0.2, 0.25) is 15.1 Å². The number of amides is 4. The van der Waals surface area contributed by atoms with Gasteiger partial charge in [-0.25, -0.2) is 0 Å². The molecule has 8 N–H and O–H groups in total. The summed E-state index contributed by atoms with van der Waals surface area (Å²) in [7, 11) is 0. The summed E-state index contributed by atoms with van der Waals surface area (Å²) in [5.41, 5.74) is 38.1. The van der Waals surface area contributed by atoms with Crippen molar-refractivity contribution >= 4 is 80.7 Å². The predicted molar refractivity (Wildman–Crippen MR) is 288 cm³/mol. The number of hydrogen-bond acceptors (Lipinski definition) is 4. The molecule has 0 spiro atoms. The first kappa shape index (κ1) is 36.5. The number of hydrogen-bond donors (Lipinski definition) is 4. The van der Waals surface area contributed by atoms with Crippen LogP contribution < -0.4 is 22.9 Å². The molecule has 4 aromatic carbocycles. The molecule has 11 heteroatoms. The van der Waals surface area contributed by atoms with Crippen LogP contribution in [0.15, 0.2) is 76.8 Å². The fraction of sp³-hybridized carbons (Fsp3) is 0.400. The summed E-state index contributed by atoms with van der Waals surface area (Å²) in [6.45, 7) is 7.46. The van der Waals surface area contributed by atoms with Gasteiger partial charge < -0.3 is 22.9 Å². The van der Waals surface area contributed by atoms with Crippen molar-refractivity contribution in [3.05, 3.63) is 159 Å². The molecule has 8 nitrogen and oxygen atoms in total. The van der Waals surface area contributed by atoms with Crippen LogP contribution in [0.4, 0.5) is 0 Å². The monoisotopic (exact) mass is 1020 g/mol. The van der Waals surface area contributed by atoms with E-state index in [1.54, 1.807) is 13.0 Å². The molecule has 4 amide bonds. The van der Waals surface area contributed by atoms with E-state index in [1.165, 1.54) is 0 Å². The Morgan fingerprint density at radius 2 is 0.986 bits per heavy atom. The minimum atomic E-state index is -1.62. The third-order valence-electron chi connectivity index (χ3n) is 14.9. The molecule has 0 radical (unpaired) electrons. The largest absolute Gasteiger partial charge is 0.369 e. The maximum absolute atomic E-state index is 11.8. The van der Waals surface area contributed by atoms with Crippen LogP contribution in [0, 0.1) is 51.3 Å². The summed E-state index contributed by atoms with van der Waals surface area (Å²) >= 11 is 18.4. The summed E-state index contributed by atoms with van der Waals surface area (Å²) < 4.78 is 106. The molecule has 8 aliphatic rings. The predicted octanol–water partition coefficient (Wildman–Crippen LogP) is 12.3. The zero-order valence-corrected chi connectivity index (χ0v) is 42.4. The van der Waals surface area contributed by atoms with E-state index in [0.29, 0.717) is 74.7 Å². The van der Waals surface area contributed by atoms with Crippen LogP contribution >= 0.6 is 34.8 Å². The minimum absolute atomic E-state index is 0.0581. The molecule has 0 saturated carbocycles. The molecular formula is C60H65Cl3N4O4. The van der Waals surface area contributed by atoms with Crippen molar-refractivity contribution in [2.75, 3.05) is 0 Å². The van der Waals surface area contributed by atoms with E-state index in [0.717, 1.165) is 72.4 Å². The Morgan fingerprint density at radius 3 is 1.55 bits per heavy atom. The molecule has 0 aromatic heterocycles. The first-order valence-electron chi connectivity index (χ1n) is 30.3. The Morgan fingerprint density at radius 1 is 0.507 bits per heavy atom. The standard InChI is InChI=1S/3C15H16ClNO.C15H17NO/c2*1-8-5-9-6-13-10(12(9)7-14(8)16)3-2-4-11(13)15(17)18;1-8-5-9(16)6-13-10-3-2-4-11(15(17)18)14(10)7-12(8)13;1-9-5-6-10-8-14-11(13(10)7-9)3-2-4-12(14)15(16)17/h2*5,7,11H,2-4,6H2,1H3,(H2,17,18);5-6,11H,2-4,7H2,1H3,(H2,17,18);5-7,12H,2-4,8H2,1H3,(H2,16,17)/i2D2,5D,7D;2D2,7D;2D2,6D;2D2,12D. The van der Waals surface area contributed by atoms with Crippen molar-refractivity contribution in [3.63, 3.8) is 0 Å².